The minimum absolute atomic E-state index is 1.27. The Bertz CT molecular complexity index is 2720. The van der Waals surface area contributed by atoms with Gasteiger partial charge in [0.05, 0.1) is 0 Å². The summed E-state index contributed by atoms with van der Waals surface area (Å²) in [6.07, 6.45) is 0. The van der Waals surface area contributed by atoms with Crippen LogP contribution in [0.2, 0.25) is 0 Å². The highest BCUT2D eigenvalue weighted by Crippen LogP contribution is 2.46. The Kier molecular flexibility index (Phi) is 5.13. The molecule has 0 amide bonds. The van der Waals surface area contributed by atoms with Gasteiger partial charge in [0.15, 0.2) is 0 Å². The van der Waals surface area contributed by atoms with Crippen LogP contribution in [-0.4, -0.2) is 0 Å². The van der Waals surface area contributed by atoms with E-state index in [0.717, 1.165) is 0 Å². The zero-order chi connectivity index (χ0) is 28.8. The van der Waals surface area contributed by atoms with E-state index in [1.54, 1.807) is 0 Å². The van der Waals surface area contributed by atoms with Gasteiger partial charge in [0.2, 0.25) is 0 Å². The molecule has 0 saturated heterocycles. The van der Waals surface area contributed by atoms with Crippen LogP contribution in [0.15, 0.2) is 146 Å². The quantitative estimate of drug-likeness (QED) is 0.175. The molecule has 10 rings (SSSR count). The lowest BCUT2D eigenvalue weighted by Gasteiger charge is -2.18. The molecular formula is C42H24S2. The highest BCUT2D eigenvalue weighted by Gasteiger charge is 2.18. The third kappa shape index (κ3) is 3.50. The van der Waals surface area contributed by atoms with E-state index in [1.165, 1.54) is 94.9 Å². The first kappa shape index (κ1) is 24.4. The van der Waals surface area contributed by atoms with Crippen molar-refractivity contribution in [1.82, 2.24) is 0 Å². The van der Waals surface area contributed by atoms with Crippen molar-refractivity contribution in [3.63, 3.8) is 0 Å². The lowest BCUT2D eigenvalue weighted by Crippen LogP contribution is -1.90. The summed E-state index contributed by atoms with van der Waals surface area (Å²) >= 11 is 3.78. The van der Waals surface area contributed by atoms with E-state index in [-0.39, 0.29) is 0 Å². The summed E-state index contributed by atoms with van der Waals surface area (Å²) in [6.45, 7) is 0. The monoisotopic (exact) mass is 592 g/mol. The molecule has 2 heterocycles. The van der Waals surface area contributed by atoms with Crippen molar-refractivity contribution < 1.29 is 0 Å². The van der Waals surface area contributed by atoms with E-state index in [9.17, 15) is 0 Å². The fraction of sp³-hybridized carbons (Fsp3) is 0. The Morgan fingerprint density at radius 1 is 0.273 bits per heavy atom. The number of rotatable bonds is 2. The Morgan fingerprint density at radius 3 is 1.41 bits per heavy atom. The Labute approximate surface area is 262 Å². The summed E-state index contributed by atoms with van der Waals surface area (Å²) in [7, 11) is 0. The van der Waals surface area contributed by atoms with Crippen molar-refractivity contribution in [2.75, 3.05) is 0 Å². The van der Waals surface area contributed by atoms with E-state index < -0.39 is 0 Å². The third-order valence-electron chi connectivity index (χ3n) is 9.23. The van der Waals surface area contributed by atoms with Crippen molar-refractivity contribution in [2.45, 2.75) is 0 Å². The topological polar surface area (TPSA) is 0 Å². The second-order valence-corrected chi connectivity index (χ2v) is 13.8. The van der Waals surface area contributed by atoms with Crippen LogP contribution in [-0.2, 0) is 0 Å². The lowest BCUT2D eigenvalue weighted by atomic mass is 9.85. The summed E-state index contributed by atoms with van der Waals surface area (Å²) in [5.74, 6) is 0. The molecule has 0 nitrogen and oxygen atoms in total. The molecule has 0 aliphatic rings. The van der Waals surface area contributed by atoms with Crippen LogP contribution in [0.25, 0.3) is 94.9 Å². The molecule has 2 aromatic heterocycles. The van der Waals surface area contributed by atoms with Crippen molar-refractivity contribution in [2.24, 2.45) is 0 Å². The normalized spacial score (nSPS) is 12.1. The second kappa shape index (κ2) is 9.24. The Morgan fingerprint density at radius 2 is 0.727 bits per heavy atom. The molecule has 0 aliphatic carbocycles. The average molecular weight is 593 g/mol. The van der Waals surface area contributed by atoms with Gasteiger partial charge in [-0.2, -0.15) is 0 Å². The van der Waals surface area contributed by atoms with Gasteiger partial charge in [-0.15, -0.1) is 22.7 Å². The minimum atomic E-state index is 1.27. The molecule has 0 N–H and O–H groups in total. The maximum Gasteiger partial charge on any atom is 0.0361 e. The molecule has 10 aromatic rings. The molecule has 0 bridgehead atoms. The molecular weight excluding hydrogens is 569 g/mol. The lowest BCUT2D eigenvalue weighted by molar-refractivity contribution is 1.70. The maximum absolute atomic E-state index is 2.43. The van der Waals surface area contributed by atoms with Gasteiger partial charge in [-0.3, -0.25) is 0 Å². The predicted octanol–water partition coefficient (Wildman–Crippen LogP) is 13.2. The van der Waals surface area contributed by atoms with Gasteiger partial charge >= 0.3 is 0 Å². The first-order valence-corrected chi connectivity index (χ1v) is 16.6. The van der Waals surface area contributed by atoms with Gasteiger partial charge in [0.25, 0.3) is 0 Å². The largest absolute Gasteiger partial charge is 0.135 e. The van der Waals surface area contributed by atoms with Crippen LogP contribution >= 0.6 is 22.7 Å². The molecule has 204 valence electrons. The van der Waals surface area contributed by atoms with Crippen molar-refractivity contribution in [3.8, 4) is 22.3 Å². The summed E-state index contributed by atoms with van der Waals surface area (Å²) < 4.78 is 5.36. The van der Waals surface area contributed by atoms with Crippen LogP contribution in [0.3, 0.4) is 0 Å². The predicted molar refractivity (Wildman–Crippen MR) is 196 cm³/mol. The summed E-state index contributed by atoms with van der Waals surface area (Å²) in [4.78, 5) is 0. The van der Waals surface area contributed by atoms with Gasteiger partial charge in [-0.25, -0.2) is 0 Å². The van der Waals surface area contributed by atoms with Gasteiger partial charge in [-0.1, -0.05) is 109 Å². The van der Waals surface area contributed by atoms with Crippen LogP contribution in [0.4, 0.5) is 0 Å². The summed E-state index contributed by atoms with van der Waals surface area (Å²) in [6, 6.07) is 54.3. The smallest absolute Gasteiger partial charge is 0.0361 e. The number of benzene rings is 8. The van der Waals surface area contributed by atoms with Gasteiger partial charge < -0.3 is 0 Å². The SMILES string of the molecule is c1ccc2cc3c(cc2c1)sc1ccc(-c2c4ccccc4c(-c4ccc5c(c4)sc4ccccc45)c4ccccc24)cc13. The van der Waals surface area contributed by atoms with Gasteiger partial charge in [0, 0.05) is 40.3 Å². The van der Waals surface area contributed by atoms with Crippen molar-refractivity contribution in [3.05, 3.63) is 146 Å². The molecule has 0 aliphatic heterocycles. The van der Waals surface area contributed by atoms with Gasteiger partial charge in [0.1, 0.15) is 0 Å². The third-order valence-corrected chi connectivity index (χ3v) is 11.5. The first-order valence-electron chi connectivity index (χ1n) is 15.0. The van der Waals surface area contributed by atoms with Gasteiger partial charge in [-0.05, 0) is 91.0 Å². The molecule has 0 atom stereocenters. The second-order valence-electron chi connectivity index (χ2n) is 11.7. The molecule has 0 radical (unpaired) electrons. The van der Waals surface area contributed by atoms with E-state index >= 15 is 0 Å². The zero-order valence-electron chi connectivity index (χ0n) is 23.7. The molecule has 0 fully saturated rings. The highest BCUT2D eigenvalue weighted by atomic mass is 32.1. The number of fused-ring (bicyclic) bond motifs is 9. The van der Waals surface area contributed by atoms with Crippen LogP contribution in [0.1, 0.15) is 0 Å². The Hall–Kier alpha value is -5.02. The summed E-state index contributed by atoms with van der Waals surface area (Å²) in [5, 5.41) is 13.1. The van der Waals surface area contributed by atoms with E-state index in [4.69, 9.17) is 0 Å². The fourth-order valence-corrected chi connectivity index (χ4v) is 9.51. The fourth-order valence-electron chi connectivity index (χ4n) is 7.25. The van der Waals surface area contributed by atoms with Crippen LogP contribution < -0.4 is 0 Å². The number of hydrogen-bond donors (Lipinski definition) is 0. The first-order chi connectivity index (χ1) is 21.8. The summed E-state index contributed by atoms with van der Waals surface area (Å²) in [5.41, 5.74) is 5.16. The highest BCUT2D eigenvalue weighted by molar-refractivity contribution is 7.26. The molecule has 44 heavy (non-hydrogen) atoms. The van der Waals surface area contributed by atoms with Crippen molar-refractivity contribution >= 4 is 95.3 Å². The minimum Gasteiger partial charge on any atom is -0.135 e. The van der Waals surface area contributed by atoms with Crippen LogP contribution in [0, 0.1) is 0 Å². The number of thiophene rings is 2. The molecule has 2 heteroatoms. The number of hydrogen-bond acceptors (Lipinski definition) is 2. The average Bonchev–Trinajstić information content (AvgIpc) is 3.62. The maximum atomic E-state index is 2.43. The van der Waals surface area contributed by atoms with E-state index in [0.29, 0.717) is 0 Å². The van der Waals surface area contributed by atoms with E-state index in [1.807, 2.05) is 22.7 Å². The molecule has 8 aromatic carbocycles. The standard InChI is InChI=1S/C42H24S2/c1-2-10-26-23-40-36(21-25(26)9-1)35-22-27(18-20-38(35)44-40)41-31-12-3-5-14-33(31)42(34-15-6-4-13-32(34)41)28-17-19-30-29-11-7-8-16-37(29)43-39(30)24-28/h1-24H. The van der Waals surface area contributed by atoms with E-state index in [2.05, 4.69) is 146 Å². The van der Waals surface area contributed by atoms with Crippen molar-refractivity contribution in [1.29, 1.82) is 0 Å². The molecule has 0 saturated carbocycles. The Balaban J connectivity index is 1.26. The molecule has 0 spiro atoms. The van der Waals surface area contributed by atoms with Crippen LogP contribution in [0.5, 0.6) is 0 Å². The molecule has 0 unspecified atom stereocenters. The zero-order valence-corrected chi connectivity index (χ0v) is 25.3.